The van der Waals surface area contributed by atoms with Gasteiger partial charge < -0.3 is 10.1 Å². The van der Waals surface area contributed by atoms with Gasteiger partial charge in [-0.05, 0) is 43.2 Å². The summed E-state index contributed by atoms with van der Waals surface area (Å²) in [5.41, 5.74) is -0.0797. The van der Waals surface area contributed by atoms with Crippen LogP contribution in [0.1, 0.15) is 36.9 Å². The Morgan fingerprint density at radius 2 is 2.10 bits per heavy atom. The number of likely N-dealkylation sites (N-methyl/N-ethyl adjacent to an activating group) is 1. The van der Waals surface area contributed by atoms with Crippen LogP contribution in [0, 0.1) is 5.82 Å². The Labute approximate surface area is 120 Å². The van der Waals surface area contributed by atoms with Crippen molar-refractivity contribution >= 4 is 0 Å². The summed E-state index contributed by atoms with van der Waals surface area (Å²) in [7, 11) is 0. The van der Waals surface area contributed by atoms with E-state index in [9.17, 15) is 17.6 Å². The number of ether oxygens (including phenoxy) is 1. The van der Waals surface area contributed by atoms with E-state index in [2.05, 4.69) is 5.32 Å². The highest BCUT2D eigenvalue weighted by molar-refractivity contribution is 5.34. The topological polar surface area (TPSA) is 21.3 Å². The van der Waals surface area contributed by atoms with Crippen molar-refractivity contribution < 1.29 is 22.3 Å². The van der Waals surface area contributed by atoms with E-state index in [1.165, 1.54) is 6.26 Å². The predicted molar refractivity (Wildman–Crippen MR) is 71.1 cm³/mol. The summed E-state index contributed by atoms with van der Waals surface area (Å²) >= 11 is 0. The molecular formula is C15H17F4NO. The Balaban J connectivity index is 2.41. The standard InChI is InChI=1S/C15H17F4NO/c1-2-20-14(10-4-3-7-21-9-10)12-8-11(15(17,18)19)5-6-13(12)16/h5-6,8-9,14,20H,2-4,7H2,1H3. The fourth-order valence-electron chi connectivity index (χ4n) is 2.38. The van der Waals surface area contributed by atoms with E-state index < -0.39 is 23.6 Å². The van der Waals surface area contributed by atoms with Crippen molar-refractivity contribution in [3.8, 4) is 0 Å². The second-order valence-corrected chi connectivity index (χ2v) is 4.89. The zero-order chi connectivity index (χ0) is 15.5. The minimum absolute atomic E-state index is 0.00317. The van der Waals surface area contributed by atoms with Gasteiger partial charge in [-0.1, -0.05) is 6.92 Å². The molecule has 0 saturated carbocycles. The van der Waals surface area contributed by atoms with Gasteiger partial charge in [0.25, 0.3) is 0 Å². The summed E-state index contributed by atoms with van der Waals surface area (Å²) < 4.78 is 57.7. The van der Waals surface area contributed by atoms with Crippen molar-refractivity contribution in [2.24, 2.45) is 0 Å². The SMILES string of the molecule is CCNC(C1=COCCC1)c1cc(C(F)(F)F)ccc1F. The Kier molecular flexibility index (Phi) is 4.88. The Morgan fingerprint density at radius 1 is 1.33 bits per heavy atom. The normalized spacial score (nSPS) is 17.1. The van der Waals surface area contributed by atoms with Crippen LogP contribution in [0.2, 0.25) is 0 Å². The summed E-state index contributed by atoms with van der Waals surface area (Å²) in [4.78, 5) is 0. The predicted octanol–water partition coefficient (Wildman–Crippen LogP) is 4.19. The van der Waals surface area contributed by atoms with Gasteiger partial charge in [0.15, 0.2) is 0 Å². The summed E-state index contributed by atoms with van der Waals surface area (Å²) in [5.74, 6) is -0.652. The highest BCUT2D eigenvalue weighted by Gasteiger charge is 2.32. The third-order valence-corrected chi connectivity index (χ3v) is 3.38. The zero-order valence-corrected chi connectivity index (χ0v) is 11.6. The molecule has 116 valence electrons. The third kappa shape index (κ3) is 3.75. The molecule has 1 unspecified atom stereocenters. The van der Waals surface area contributed by atoms with Crippen LogP contribution < -0.4 is 5.32 Å². The molecule has 1 N–H and O–H groups in total. The van der Waals surface area contributed by atoms with Gasteiger partial charge in [-0.25, -0.2) is 4.39 Å². The molecule has 0 bridgehead atoms. The highest BCUT2D eigenvalue weighted by atomic mass is 19.4. The van der Waals surface area contributed by atoms with Crippen molar-refractivity contribution in [3.63, 3.8) is 0 Å². The van der Waals surface area contributed by atoms with Gasteiger partial charge in [0, 0.05) is 5.56 Å². The van der Waals surface area contributed by atoms with E-state index in [-0.39, 0.29) is 5.56 Å². The monoisotopic (exact) mass is 303 g/mol. The smallest absolute Gasteiger partial charge is 0.416 e. The lowest BCUT2D eigenvalue weighted by atomic mass is 9.93. The third-order valence-electron chi connectivity index (χ3n) is 3.38. The molecule has 1 heterocycles. The van der Waals surface area contributed by atoms with Crippen LogP contribution >= 0.6 is 0 Å². The average molecular weight is 303 g/mol. The number of alkyl halides is 3. The van der Waals surface area contributed by atoms with Gasteiger partial charge >= 0.3 is 6.18 Å². The van der Waals surface area contributed by atoms with Crippen LogP contribution in [0.5, 0.6) is 0 Å². The molecule has 2 nitrogen and oxygen atoms in total. The van der Waals surface area contributed by atoms with Crippen LogP contribution in [0.25, 0.3) is 0 Å². The quantitative estimate of drug-likeness (QED) is 0.842. The van der Waals surface area contributed by atoms with Crippen LogP contribution in [0.4, 0.5) is 17.6 Å². The number of halogens is 4. The minimum atomic E-state index is -4.49. The van der Waals surface area contributed by atoms with Crippen molar-refractivity contribution in [2.45, 2.75) is 32.0 Å². The van der Waals surface area contributed by atoms with E-state index >= 15 is 0 Å². The second-order valence-electron chi connectivity index (χ2n) is 4.89. The lowest BCUT2D eigenvalue weighted by molar-refractivity contribution is -0.137. The molecule has 0 aliphatic carbocycles. The fraction of sp³-hybridized carbons (Fsp3) is 0.467. The number of hydrogen-bond donors (Lipinski definition) is 1. The number of benzene rings is 1. The molecule has 0 saturated heterocycles. The molecule has 0 aromatic heterocycles. The van der Waals surface area contributed by atoms with E-state index in [0.717, 1.165) is 30.2 Å². The highest BCUT2D eigenvalue weighted by Crippen LogP contribution is 2.35. The van der Waals surface area contributed by atoms with Gasteiger partial charge in [0.2, 0.25) is 0 Å². The Hall–Kier alpha value is -1.56. The molecule has 0 spiro atoms. The summed E-state index contributed by atoms with van der Waals surface area (Å²) in [6.45, 7) is 2.91. The molecule has 1 aliphatic heterocycles. The lowest BCUT2D eigenvalue weighted by Gasteiger charge is -2.25. The number of rotatable bonds is 4. The van der Waals surface area contributed by atoms with Crippen molar-refractivity contribution in [2.75, 3.05) is 13.2 Å². The number of nitrogens with one attached hydrogen (secondary N) is 1. The van der Waals surface area contributed by atoms with Crippen molar-refractivity contribution in [1.82, 2.24) is 5.32 Å². The summed E-state index contributed by atoms with van der Waals surface area (Å²) in [6, 6.07) is 1.90. The molecule has 0 radical (unpaired) electrons. The van der Waals surface area contributed by atoms with Crippen LogP contribution in [0.15, 0.2) is 30.0 Å². The molecular weight excluding hydrogens is 286 g/mol. The van der Waals surface area contributed by atoms with Gasteiger partial charge in [0.05, 0.1) is 24.5 Å². The first-order valence-corrected chi connectivity index (χ1v) is 6.84. The molecule has 1 aromatic rings. The van der Waals surface area contributed by atoms with Gasteiger partial charge in [-0.3, -0.25) is 0 Å². The number of hydrogen-bond acceptors (Lipinski definition) is 2. The zero-order valence-electron chi connectivity index (χ0n) is 11.6. The lowest BCUT2D eigenvalue weighted by Crippen LogP contribution is -2.25. The maximum atomic E-state index is 14.0. The van der Waals surface area contributed by atoms with Gasteiger partial charge in [-0.2, -0.15) is 13.2 Å². The van der Waals surface area contributed by atoms with Crippen LogP contribution in [-0.4, -0.2) is 13.2 Å². The Bertz CT molecular complexity index is 525. The minimum Gasteiger partial charge on any atom is -0.501 e. The van der Waals surface area contributed by atoms with Crippen LogP contribution in [0.3, 0.4) is 0 Å². The first-order chi connectivity index (χ1) is 9.93. The van der Waals surface area contributed by atoms with Crippen molar-refractivity contribution in [3.05, 3.63) is 47.0 Å². The first-order valence-electron chi connectivity index (χ1n) is 6.84. The molecule has 1 aliphatic rings. The first kappa shape index (κ1) is 15.8. The second kappa shape index (κ2) is 6.47. The van der Waals surface area contributed by atoms with Gasteiger partial charge in [-0.15, -0.1) is 0 Å². The Morgan fingerprint density at radius 3 is 2.67 bits per heavy atom. The summed E-state index contributed by atoms with van der Waals surface area (Å²) in [5, 5.41) is 3.03. The average Bonchev–Trinajstić information content (AvgIpc) is 2.45. The fourth-order valence-corrected chi connectivity index (χ4v) is 2.38. The molecule has 0 fully saturated rings. The summed E-state index contributed by atoms with van der Waals surface area (Å²) in [6.07, 6.45) is -1.52. The molecule has 21 heavy (non-hydrogen) atoms. The maximum absolute atomic E-state index is 14.0. The van der Waals surface area contributed by atoms with E-state index in [0.29, 0.717) is 19.6 Å². The van der Waals surface area contributed by atoms with E-state index in [1.54, 1.807) is 0 Å². The largest absolute Gasteiger partial charge is 0.501 e. The van der Waals surface area contributed by atoms with E-state index in [1.807, 2.05) is 6.92 Å². The van der Waals surface area contributed by atoms with E-state index in [4.69, 9.17) is 4.74 Å². The maximum Gasteiger partial charge on any atom is 0.416 e. The van der Waals surface area contributed by atoms with Crippen LogP contribution in [-0.2, 0) is 10.9 Å². The molecule has 1 atom stereocenters. The molecule has 2 rings (SSSR count). The molecule has 6 heteroatoms. The molecule has 1 aromatic carbocycles. The van der Waals surface area contributed by atoms with Crippen molar-refractivity contribution in [1.29, 1.82) is 0 Å². The van der Waals surface area contributed by atoms with Gasteiger partial charge in [0.1, 0.15) is 5.82 Å². The molecule has 0 amide bonds.